The highest BCUT2D eigenvalue weighted by Gasteiger charge is 2.40. The second-order valence-electron chi connectivity index (χ2n) is 11.1. The van der Waals surface area contributed by atoms with Gasteiger partial charge in [-0.25, -0.2) is 0 Å². The number of aliphatic hydroxyl groups is 1. The van der Waals surface area contributed by atoms with Crippen LogP contribution in [0.25, 0.3) is 0 Å². The fraction of sp³-hybridized carbons (Fsp3) is 0.351. The summed E-state index contributed by atoms with van der Waals surface area (Å²) in [5, 5.41) is 15.3. The molecule has 4 aromatic rings. The summed E-state index contributed by atoms with van der Waals surface area (Å²) >= 11 is 0. The molecule has 0 saturated carbocycles. The average molecular weight is 664 g/mol. The van der Waals surface area contributed by atoms with Crippen molar-refractivity contribution in [2.24, 2.45) is 0 Å². The van der Waals surface area contributed by atoms with Crippen LogP contribution in [-0.4, -0.2) is 63.6 Å². The van der Waals surface area contributed by atoms with E-state index in [0.717, 1.165) is 28.0 Å². The largest absolute Gasteiger partial charge is 0.497 e. The van der Waals surface area contributed by atoms with Crippen LogP contribution >= 0.6 is 7.60 Å². The molecule has 10 heteroatoms. The van der Waals surface area contributed by atoms with E-state index >= 15 is 0 Å². The van der Waals surface area contributed by atoms with E-state index in [1.54, 1.807) is 7.11 Å². The molecule has 252 valence electrons. The summed E-state index contributed by atoms with van der Waals surface area (Å²) in [6.07, 6.45) is -2.85. The van der Waals surface area contributed by atoms with Gasteiger partial charge in [-0.15, -0.1) is 0 Å². The van der Waals surface area contributed by atoms with Crippen molar-refractivity contribution in [2.45, 2.75) is 50.7 Å². The second kappa shape index (κ2) is 19.5. The molecule has 1 unspecified atom stereocenters. The van der Waals surface area contributed by atoms with E-state index in [0.29, 0.717) is 13.2 Å². The van der Waals surface area contributed by atoms with E-state index in [1.165, 1.54) is 14.2 Å². The van der Waals surface area contributed by atoms with E-state index in [4.69, 9.17) is 28.0 Å². The Morgan fingerprint density at radius 1 is 0.638 bits per heavy atom. The Morgan fingerprint density at radius 3 is 1.62 bits per heavy atom. The van der Waals surface area contributed by atoms with Crippen LogP contribution < -0.4 is 10.1 Å². The molecule has 0 aliphatic carbocycles. The molecule has 0 heterocycles. The van der Waals surface area contributed by atoms with Crippen molar-refractivity contribution in [3.05, 3.63) is 138 Å². The third kappa shape index (κ3) is 12.0. The quantitative estimate of drug-likeness (QED) is 0.0982. The third-order valence-electron chi connectivity index (χ3n) is 7.77. The van der Waals surface area contributed by atoms with E-state index in [9.17, 15) is 9.67 Å². The first-order valence-corrected chi connectivity index (χ1v) is 17.3. The topological polar surface area (TPSA) is 105 Å². The van der Waals surface area contributed by atoms with Crippen LogP contribution in [0.2, 0.25) is 0 Å². The van der Waals surface area contributed by atoms with Gasteiger partial charge >= 0.3 is 7.60 Å². The molecule has 0 spiro atoms. The molecule has 0 aliphatic rings. The normalized spacial score (nSPS) is 14.3. The summed E-state index contributed by atoms with van der Waals surface area (Å²) in [4.78, 5) is 0. The zero-order valence-electron chi connectivity index (χ0n) is 27.3. The van der Waals surface area contributed by atoms with Gasteiger partial charge in [-0.05, 0) is 34.4 Å². The number of hydrogen-bond acceptors (Lipinski definition) is 9. The van der Waals surface area contributed by atoms with Crippen LogP contribution in [0.4, 0.5) is 0 Å². The fourth-order valence-electron chi connectivity index (χ4n) is 5.11. The molecule has 47 heavy (non-hydrogen) atoms. The molecule has 2 N–H and O–H groups in total. The lowest BCUT2D eigenvalue weighted by molar-refractivity contribution is -0.154. The van der Waals surface area contributed by atoms with Gasteiger partial charge in [0, 0.05) is 26.8 Å². The molecule has 0 bridgehead atoms. The molecular formula is C37H46NO8P. The van der Waals surface area contributed by atoms with Crippen molar-refractivity contribution >= 4 is 7.60 Å². The zero-order chi connectivity index (χ0) is 33.3. The number of rotatable bonds is 21. The minimum atomic E-state index is -3.56. The maximum atomic E-state index is 13.7. The Bertz CT molecular complexity index is 1450. The maximum absolute atomic E-state index is 13.7. The first-order valence-electron chi connectivity index (χ1n) is 15.6. The zero-order valence-corrected chi connectivity index (χ0v) is 28.2. The predicted molar refractivity (Wildman–Crippen MR) is 182 cm³/mol. The third-order valence-corrected chi connectivity index (χ3v) is 9.73. The predicted octanol–water partition coefficient (Wildman–Crippen LogP) is 6.39. The van der Waals surface area contributed by atoms with Gasteiger partial charge in [-0.2, -0.15) is 0 Å². The second-order valence-corrected chi connectivity index (χ2v) is 13.4. The summed E-state index contributed by atoms with van der Waals surface area (Å²) in [5.41, 5.74) is 3.82. The van der Waals surface area contributed by atoms with E-state index < -0.39 is 31.9 Å². The van der Waals surface area contributed by atoms with E-state index in [1.807, 2.05) is 115 Å². The summed E-state index contributed by atoms with van der Waals surface area (Å²) in [7, 11) is 0.783. The lowest BCUT2D eigenvalue weighted by Gasteiger charge is -2.37. The highest BCUT2D eigenvalue weighted by atomic mass is 31.2. The molecule has 9 nitrogen and oxygen atoms in total. The van der Waals surface area contributed by atoms with Crippen LogP contribution in [0.3, 0.4) is 0 Å². The molecule has 0 aliphatic heterocycles. The average Bonchev–Trinajstić information content (AvgIpc) is 3.13. The van der Waals surface area contributed by atoms with Gasteiger partial charge in [-0.3, -0.25) is 4.57 Å². The molecule has 0 aromatic heterocycles. The molecule has 4 atom stereocenters. The Morgan fingerprint density at radius 2 is 1.13 bits per heavy atom. The van der Waals surface area contributed by atoms with Gasteiger partial charge in [0.2, 0.25) is 0 Å². The highest BCUT2D eigenvalue weighted by molar-refractivity contribution is 7.53. The SMILES string of the molecule is COc1ccc(CNC(CP(=O)(OC)OC)[C@@H](OCc2ccccc2)[C@H](OCc2ccccc2)[C@@H](O)COCc2ccccc2)cc1. The van der Waals surface area contributed by atoms with Crippen molar-refractivity contribution in [1.82, 2.24) is 5.32 Å². The summed E-state index contributed by atoms with van der Waals surface area (Å²) in [6.45, 7) is 1.14. The molecule has 4 aromatic carbocycles. The number of aliphatic hydroxyl groups excluding tert-OH is 1. The number of hydrogen-bond donors (Lipinski definition) is 2. The van der Waals surface area contributed by atoms with Crippen LogP contribution in [0.1, 0.15) is 22.3 Å². The maximum Gasteiger partial charge on any atom is 0.331 e. The van der Waals surface area contributed by atoms with Crippen molar-refractivity contribution < 1.29 is 37.7 Å². The van der Waals surface area contributed by atoms with Crippen LogP contribution in [0.5, 0.6) is 5.75 Å². The monoisotopic (exact) mass is 663 g/mol. The van der Waals surface area contributed by atoms with Crippen molar-refractivity contribution in [3.63, 3.8) is 0 Å². The summed E-state index contributed by atoms with van der Waals surface area (Å²) in [5.74, 6) is 0.741. The van der Waals surface area contributed by atoms with Gasteiger partial charge in [0.25, 0.3) is 0 Å². The molecule has 0 saturated heterocycles. The van der Waals surface area contributed by atoms with Crippen molar-refractivity contribution in [3.8, 4) is 5.75 Å². The minimum absolute atomic E-state index is 0.0169. The fourth-order valence-corrected chi connectivity index (χ4v) is 6.37. The molecular weight excluding hydrogens is 617 g/mol. The highest BCUT2D eigenvalue weighted by Crippen LogP contribution is 2.47. The Hall–Kier alpha value is -3.37. The van der Waals surface area contributed by atoms with Gasteiger partial charge in [0.1, 0.15) is 24.1 Å². The first kappa shape index (κ1) is 36.5. The number of benzene rings is 4. The molecule has 0 fully saturated rings. The lowest BCUT2D eigenvalue weighted by Crippen LogP contribution is -2.55. The first-order chi connectivity index (χ1) is 22.9. The molecule has 0 amide bonds. The summed E-state index contributed by atoms with van der Waals surface area (Å²) in [6, 6.07) is 36.2. The standard InChI is InChI=1S/C37H46NO8P/c1-41-33-21-19-29(20-22-33)23-38-34(28-47(40,42-2)43-3)36(45-25-31-15-9-5-10-16-31)37(46-26-32-17-11-6-12-18-32)35(39)27-44-24-30-13-7-4-8-14-30/h4-22,34-39H,23-28H2,1-3H3/t34?,35-,36+,37+/m0/s1. The van der Waals surface area contributed by atoms with Crippen LogP contribution in [0.15, 0.2) is 115 Å². The number of nitrogens with one attached hydrogen (secondary N) is 1. The van der Waals surface area contributed by atoms with Crippen molar-refractivity contribution in [1.29, 1.82) is 0 Å². The van der Waals surface area contributed by atoms with Gasteiger partial charge < -0.3 is 38.4 Å². The minimum Gasteiger partial charge on any atom is -0.497 e. The molecule has 4 rings (SSSR count). The van der Waals surface area contributed by atoms with Gasteiger partial charge in [-0.1, -0.05) is 103 Å². The van der Waals surface area contributed by atoms with E-state index in [-0.39, 0.29) is 26.0 Å². The van der Waals surface area contributed by atoms with Gasteiger partial charge in [0.15, 0.2) is 0 Å². The Balaban J connectivity index is 1.66. The Labute approximate surface area is 278 Å². The smallest absolute Gasteiger partial charge is 0.331 e. The summed E-state index contributed by atoms with van der Waals surface area (Å²) < 4.78 is 48.9. The van der Waals surface area contributed by atoms with Crippen LogP contribution in [0, 0.1) is 0 Å². The van der Waals surface area contributed by atoms with E-state index in [2.05, 4.69) is 5.32 Å². The van der Waals surface area contributed by atoms with Gasteiger partial charge in [0.05, 0.1) is 39.7 Å². The Kier molecular flexibility index (Phi) is 15.1. The number of ether oxygens (including phenoxy) is 4. The molecule has 0 radical (unpaired) electrons. The van der Waals surface area contributed by atoms with Crippen molar-refractivity contribution in [2.75, 3.05) is 34.1 Å². The number of methoxy groups -OCH3 is 1. The van der Waals surface area contributed by atoms with Crippen LogP contribution in [-0.2, 0) is 54.2 Å². The lowest BCUT2D eigenvalue weighted by atomic mass is 10.0.